The maximum atomic E-state index is 13.4. The van der Waals surface area contributed by atoms with Crippen LogP contribution in [0.25, 0.3) is 0 Å². The molecule has 11 nitrogen and oxygen atoms in total. The number of nitrogens with one attached hydrogen (secondary N) is 2. The number of halogens is 6. The zero-order chi connectivity index (χ0) is 32.7. The smallest absolute Gasteiger partial charge is 0.409 e. The summed E-state index contributed by atoms with van der Waals surface area (Å²) >= 11 is 0. The number of carbonyl (C=O) groups excluding carboxylic acids is 2. The van der Waals surface area contributed by atoms with Gasteiger partial charge in [0.1, 0.15) is 6.04 Å². The van der Waals surface area contributed by atoms with E-state index in [4.69, 9.17) is 9.84 Å². The molecule has 44 heavy (non-hydrogen) atoms. The molecule has 4 N–H and O–H groups in total. The van der Waals surface area contributed by atoms with Crippen molar-refractivity contribution in [2.45, 2.75) is 31.1 Å². The minimum Gasteiger partial charge on any atom is -0.465 e. The molecule has 2 saturated heterocycles. The average molecular weight is 637 g/mol. The quantitative estimate of drug-likeness (QED) is 0.222. The highest BCUT2D eigenvalue weighted by Crippen LogP contribution is 2.25. The second kappa shape index (κ2) is 15.1. The van der Waals surface area contributed by atoms with Crippen LogP contribution in [0.4, 0.5) is 35.9 Å². The van der Waals surface area contributed by atoms with Crippen molar-refractivity contribution in [3.05, 3.63) is 70.3 Å². The van der Waals surface area contributed by atoms with Crippen LogP contribution in [0, 0.1) is 34.9 Å². The predicted molar refractivity (Wildman–Crippen MR) is 139 cm³/mol. The molecule has 2 aliphatic heterocycles. The normalized spacial score (nSPS) is 21.7. The summed E-state index contributed by atoms with van der Waals surface area (Å²) in [5, 5.41) is 24.1. The summed E-state index contributed by atoms with van der Waals surface area (Å²) < 4.78 is 88.8. The van der Waals surface area contributed by atoms with E-state index in [1.54, 1.807) is 6.92 Å². The molecule has 0 aromatic heterocycles. The minimum atomic E-state index is -1.61. The third-order valence-electron chi connectivity index (χ3n) is 6.80. The number of ether oxygens (including phenoxy) is 2. The number of aliphatic hydroxyl groups is 1. The number of benzene rings is 2. The number of amides is 2. The van der Waals surface area contributed by atoms with Crippen LogP contribution in [0.5, 0.6) is 0 Å². The van der Waals surface area contributed by atoms with Crippen molar-refractivity contribution in [2.75, 3.05) is 46.5 Å². The van der Waals surface area contributed by atoms with Crippen molar-refractivity contribution in [2.24, 2.45) is 0 Å². The summed E-state index contributed by atoms with van der Waals surface area (Å²) in [6.07, 6.45) is -1.89. The van der Waals surface area contributed by atoms with Crippen LogP contribution >= 0.6 is 0 Å². The lowest BCUT2D eigenvalue weighted by Crippen LogP contribution is -2.57. The van der Waals surface area contributed by atoms with Crippen LogP contribution in [0.3, 0.4) is 0 Å². The van der Waals surface area contributed by atoms with Crippen LogP contribution in [-0.4, -0.2) is 96.8 Å². The van der Waals surface area contributed by atoms with Gasteiger partial charge in [-0.2, -0.15) is 0 Å². The van der Waals surface area contributed by atoms with Crippen LogP contribution in [0.1, 0.15) is 30.1 Å². The summed E-state index contributed by atoms with van der Waals surface area (Å²) in [4.78, 5) is 36.8. The van der Waals surface area contributed by atoms with E-state index in [2.05, 4.69) is 15.4 Å². The van der Waals surface area contributed by atoms with Crippen molar-refractivity contribution in [1.29, 1.82) is 0 Å². The van der Waals surface area contributed by atoms with Crippen molar-refractivity contribution < 1.29 is 60.4 Å². The molecular weight excluding hydrogens is 606 g/mol. The third kappa shape index (κ3) is 8.29. The second-order valence-electron chi connectivity index (χ2n) is 9.78. The maximum Gasteiger partial charge on any atom is 0.409 e. The number of piperazine rings is 2. The lowest BCUT2D eigenvalue weighted by atomic mass is 10.0. The molecule has 0 saturated carbocycles. The molecule has 0 radical (unpaired) electrons. The van der Waals surface area contributed by atoms with Gasteiger partial charge in [0.05, 0.1) is 39.0 Å². The Kier molecular flexibility index (Phi) is 11.8. The molecule has 2 fully saturated rings. The fourth-order valence-electron chi connectivity index (χ4n) is 4.70. The fraction of sp³-hybridized carbons (Fsp3) is 0.444. The highest BCUT2D eigenvalue weighted by molar-refractivity contribution is 5.77. The zero-order valence-corrected chi connectivity index (χ0v) is 23.5. The number of nitrogens with zero attached hydrogens (tertiary/aromatic N) is 2. The monoisotopic (exact) mass is 636 g/mol. The van der Waals surface area contributed by atoms with Gasteiger partial charge in [-0.15, -0.1) is 0 Å². The molecule has 2 aromatic rings. The van der Waals surface area contributed by atoms with Crippen molar-refractivity contribution in [1.82, 2.24) is 20.4 Å². The minimum absolute atomic E-state index is 0.00153. The molecule has 17 heteroatoms. The van der Waals surface area contributed by atoms with Crippen molar-refractivity contribution in [3.8, 4) is 0 Å². The third-order valence-corrected chi connectivity index (χ3v) is 6.80. The highest BCUT2D eigenvalue weighted by Gasteiger charge is 2.35. The van der Waals surface area contributed by atoms with Gasteiger partial charge in [-0.05, 0) is 42.3 Å². The van der Waals surface area contributed by atoms with Crippen LogP contribution < -0.4 is 10.6 Å². The van der Waals surface area contributed by atoms with Gasteiger partial charge < -0.3 is 34.8 Å². The summed E-state index contributed by atoms with van der Waals surface area (Å²) in [7, 11) is 1.21. The Morgan fingerprint density at radius 3 is 1.73 bits per heavy atom. The molecule has 4 rings (SSSR count). The van der Waals surface area contributed by atoms with E-state index >= 15 is 0 Å². The lowest BCUT2D eigenvalue weighted by Gasteiger charge is -2.37. The van der Waals surface area contributed by atoms with Gasteiger partial charge in [0.15, 0.2) is 34.9 Å². The van der Waals surface area contributed by atoms with Gasteiger partial charge in [-0.25, -0.2) is 35.9 Å². The fourth-order valence-corrected chi connectivity index (χ4v) is 4.70. The maximum absolute atomic E-state index is 13.4. The van der Waals surface area contributed by atoms with E-state index in [-0.39, 0.29) is 50.5 Å². The van der Waals surface area contributed by atoms with E-state index in [1.165, 1.54) is 12.0 Å². The molecule has 2 heterocycles. The van der Waals surface area contributed by atoms with E-state index < -0.39 is 77.2 Å². The average Bonchev–Trinajstić information content (AvgIpc) is 3.01. The largest absolute Gasteiger partial charge is 0.465 e. The first-order valence-corrected chi connectivity index (χ1v) is 13.2. The Balaban J connectivity index is 0.000000241. The van der Waals surface area contributed by atoms with Gasteiger partial charge in [-0.1, -0.05) is 0 Å². The Hall–Kier alpha value is -4.09. The number of esters is 1. The van der Waals surface area contributed by atoms with Gasteiger partial charge in [0.25, 0.3) is 0 Å². The van der Waals surface area contributed by atoms with Crippen molar-refractivity contribution in [3.63, 3.8) is 0 Å². The first-order chi connectivity index (χ1) is 20.8. The van der Waals surface area contributed by atoms with Gasteiger partial charge >= 0.3 is 18.2 Å². The van der Waals surface area contributed by atoms with Crippen molar-refractivity contribution >= 4 is 18.2 Å². The number of hydrogen-bond acceptors (Lipinski definition) is 8. The summed E-state index contributed by atoms with van der Waals surface area (Å²) in [6, 6.07) is 0.294. The zero-order valence-electron chi connectivity index (χ0n) is 23.5. The number of hydrogen-bond donors (Lipinski definition) is 4. The molecule has 2 aliphatic rings. The Labute approximate surface area is 247 Å². The summed E-state index contributed by atoms with van der Waals surface area (Å²) in [6.45, 7) is 1.43. The molecule has 0 bridgehead atoms. The van der Waals surface area contributed by atoms with E-state index in [1.807, 2.05) is 0 Å². The standard InChI is InChI=1S/C14H15F3N2O4.C13H15F3N2O3/c1-2-23-13(20)11-6-19(14(21)22)5-10(18-11)7-3-8(15)12(17)9(16)4-7;1-21-13(20)18-4-8(6-19)17-11(5-18)7-2-9(14)12(16)10(15)3-7/h3-4,10-11,18H,2,5-6H2,1H3,(H,21,22);2-3,8,11,17,19H,4-6H2,1H3. The molecule has 4 atom stereocenters. The molecule has 2 amide bonds. The number of carbonyl (C=O) groups is 3. The van der Waals surface area contributed by atoms with E-state index in [9.17, 15) is 45.8 Å². The lowest BCUT2D eigenvalue weighted by molar-refractivity contribution is -0.147. The Bertz CT molecular complexity index is 1320. The molecular formula is C27H30F6N4O7. The van der Waals surface area contributed by atoms with Gasteiger partial charge in [-0.3, -0.25) is 10.1 Å². The number of carboxylic acid groups (broad SMARTS) is 1. The highest BCUT2D eigenvalue weighted by atomic mass is 19.2. The molecule has 2 aromatic carbocycles. The Morgan fingerprint density at radius 1 is 0.818 bits per heavy atom. The first kappa shape index (κ1) is 34.4. The Morgan fingerprint density at radius 2 is 1.30 bits per heavy atom. The number of methoxy groups -OCH3 is 1. The second-order valence-corrected chi connectivity index (χ2v) is 9.78. The van der Waals surface area contributed by atoms with E-state index in [0.29, 0.717) is 0 Å². The van der Waals surface area contributed by atoms with E-state index in [0.717, 1.165) is 29.2 Å². The van der Waals surface area contributed by atoms with Crippen LogP contribution in [0.2, 0.25) is 0 Å². The van der Waals surface area contributed by atoms with Crippen LogP contribution in [-0.2, 0) is 14.3 Å². The number of aliphatic hydroxyl groups excluding tert-OH is 1. The van der Waals surface area contributed by atoms with Gasteiger partial charge in [0, 0.05) is 25.7 Å². The topological polar surface area (TPSA) is 141 Å². The molecule has 242 valence electrons. The first-order valence-electron chi connectivity index (χ1n) is 13.2. The van der Waals surface area contributed by atoms with Crippen LogP contribution in [0.15, 0.2) is 24.3 Å². The molecule has 4 unspecified atom stereocenters. The predicted octanol–water partition coefficient (Wildman–Crippen LogP) is 2.84. The van der Waals surface area contributed by atoms with Gasteiger partial charge in [0.2, 0.25) is 0 Å². The molecule has 0 spiro atoms. The summed E-state index contributed by atoms with van der Waals surface area (Å²) in [5.41, 5.74) is 0.153. The SMILES string of the molecule is CCOC(=O)C1CN(C(=O)O)CC(c2cc(F)c(F)c(F)c2)N1.COC(=O)N1CC(CO)NC(c2cc(F)c(F)c(F)c2)C1. The molecule has 0 aliphatic carbocycles. The number of rotatable bonds is 5. The summed E-state index contributed by atoms with van der Waals surface area (Å²) in [5.74, 6) is -9.21.